The van der Waals surface area contributed by atoms with Gasteiger partial charge in [0.05, 0.1) is 11.1 Å². The van der Waals surface area contributed by atoms with Crippen molar-refractivity contribution in [3.05, 3.63) is 63.6 Å². The third-order valence-electron chi connectivity index (χ3n) is 3.35. The Bertz CT molecular complexity index is 677. The van der Waals surface area contributed by atoms with Gasteiger partial charge in [-0.15, -0.1) is 0 Å². The Balaban J connectivity index is 2.03. The number of aromatic hydroxyl groups is 1. The summed E-state index contributed by atoms with van der Waals surface area (Å²) in [7, 11) is 0. The van der Waals surface area contributed by atoms with Gasteiger partial charge in [-0.1, -0.05) is 60.5 Å². The molecule has 4 nitrogen and oxygen atoms in total. The fourth-order valence-corrected chi connectivity index (χ4v) is 2.67. The summed E-state index contributed by atoms with van der Waals surface area (Å²) < 4.78 is 5.18. The molecular formula is C17H17Cl2NO3. The number of halogens is 2. The zero-order valence-electron chi connectivity index (χ0n) is 12.6. The van der Waals surface area contributed by atoms with E-state index in [0.29, 0.717) is 17.0 Å². The van der Waals surface area contributed by atoms with Gasteiger partial charge in [-0.3, -0.25) is 0 Å². The second-order valence-electron chi connectivity index (χ2n) is 4.99. The van der Waals surface area contributed by atoms with Crippen LogP contribution in [0.4, 0.5) is 4.79 Å². The van der Waals surface area contributed by atoms with Gasteiger partial charge < -0.3 is 15.2 Å². The van der Waals surface area contributed by atoms with Gasteiger partial charge in [0.1, 0.15) is 12.4 Å². The number of phenols is 1. The molecular weight excluding hydrogens is 337 g/mol. The molecule has 0 unspecified atom stereocenters. The van der Waals surface area contributed by atoms with Crippen LogP contribution in [0, 0.1) is 0 Å². The molecule has 122 valence electrons. The molecule has 0 aromatic heterocycles. The zero-order valence-corrected chi connectivity index (χ0v) is 14.1. The van der Waals surface area contributed by atoms with Crippen LogP contribution in [0.5, 0.6) is 5.75 Å². The van der Waals surface area contributed by atoms with E-state index < -0.39 is 12.1 Å². The first-order chi connectivity index (χ1) is 11.0. The Morgan fingerprint density at radius 2 is 1.96 bits per heavy atom. The van der Waals surface area contributed by atoms with Gasteiger partial charge in [-0.25, -0.2) is 4.79 Å². The molecule has 2 aromatic rings. The SMILES string of the molecule is CC[C@H](NC(=O)OCc1ccccc1)c1cc(Cl)cc(Cl)c1O. The maximum atomic E-state index is 12.0. The monoisotopic (exact) mass is 353 g/mol. The van der Waals surface area contributed by atoms with Crippen LogP contribution in [-0.2, 0) is 11.3 Å². The Morgan fingerprint density at radius 1 is 1.26 bits per heavy atom. The molecule has 0 aliphatic heterocycles. The Labute approximate surface area is 145 Å². The van der Waals surface area contributed by atoms with E-state index in [4.69, 9.17) is 27.9 Å². The number of phenolic OH excluding ortho intramolecular Hbond substituents is 1. The molecule has 0 radical (unpaired) electrons. The fourth-order valence-electron chi connectivity index (χ4n) is 2.16. The van der Waals surface area contributed by atoms with Gasteiger partial charge in [-0.05, 0) is 24.1 Å². The van der Waals surface area contributed by atoms with E-state index in [1.807, 2.05) is 37.3 Å². The molecule has 1 amide bonds. The van der Waals surface area contributed by atoms with E-state index >= 15 is 0 Å². The topological polar surface area (TPSA) is 58.6 Å². The standard InChI is InChI=1S/C17H17Cl2NO3/c1-2-15(13-8-12(18)9-14(19)16(13)21)20-17(22)23-10-11-6-4-3-5-7-11/h3-9,15,21H,2,10H2,1H3,(H,20,22)/t15-/m0/s1. The van der Waals surface area contributed by atoms with E-state index in [-0.39, 0.29) is 17.4 Å². The smallest absolute Gasteiger partial charge is 0.407 e. The zero-order chi connectivity index (χ0) is 16.8. The lowest BCUT2D eigenvalue weighted by Crippen LogP contribution is -2.28. The van der Waals surface area contributed by atoms with Crippen LogP contribution < -0.4 is 5.32 Å². The third-order valence-corrected chi connectivity index (χ3v) is 3.85. The van der Waals surface area contributed by atoms with Crippen LogP contribution in [0.15, 0.2) is 42.5 Å². The lowest BCUT2D eigenvalue weighted by molar-refractivity contribution is 0.135. The second kappa shape index (κ2) is 8.09. The predicted molar refractivity (Wildman–Crippen MR) is 90.9 cm³/mol. The summed E-state index contributed by atoms with van der Waals surface area (Å²) in [5.74, 6) is -0.0914. The van der Waals surface area contributed by atoms with Gasteiger partial charge in [0, 0.05) is 10.6 Å². The van der Waals surface area contributed by atoms with Crippen molar-refractivity contribution in [2.75, 3.05) is 0 Å². The van der Waals surface area contributed by atoms with E-state index in [2.05, 4.69) is 5.32 Å². The number of amides is 1. The Hall–Kier alpha value is -1.91. The summed E-state index contributed by atoms with van der Waals surface area (Å²) in [6, 6.07) is 11.9. The number of benzene rings is 2. The molecule has 0 aliphatic carbocycles. The average Bonchev–Trinajstić information content (AvgIpc) is 2.55. The summed E-state index contributed by atoms with van der Waals surface area (Å²) in [6.07, 6.45) is -0.0267. The summed E-state index contributed by atoms with van der Waals surface area (Å²) in [5.41, 5.74) is 1.35. The van der Waals surface area contributed by atoms with Crippen LogP contribution >= 0.6 is 23.2 Å². The summed E-state index contributed by atoms with van der Waals surface area (Å²) >= 11 is 11.9. The van der Waals surface area contributed by atoms with Crippen molar-refractivity contribution in [2.45, 2.75) is 26.0 Å². The van der Waals surface area contributed by atoms with Crippen LogP contribution in [0.25, 0.3) is 0 Å². The maximum absolute atomic E-state index is 12.0. The quantitative estimate of drug-likeness (QED) is 0.788. The molecule has 2 N–H and O–H groups in total. The molecule has 0 fully saturated rings. The number of rotatable bonds is 5. The first kappa shape index (κ1) is 17.4. The number of carbonyl (C=O) groups is 1. The summed E-state index contributed by atoms with van der Waals surface area (Å²) in [6.45, 7) is 2.04. The van der Waals surface area contributed by atoms with Crippen molar-refractivity contribution in [1.82, 2.24) is 5.32 Å². The molecule has 0 aliphatic rings. The van der Waals surface area contributed by atoms with E-state index in [9.17, 15) is 9.90 Å². The Morgan fingerprint density at radius 3 is 2.61 bits per heavy atom. The van der Waals surface area contributed by atoms with Gasteiger partial charge >= 0.3 is 6.09 Å². The minimum Gasteiger partial charge on any atom is -0.506 e. The lowest BCUT2D eigenvalue weighted by Gasteiger charge is -2.19. The molecule has 2 rings (SSSR count). The number of hydrogen-bond donors (Lipinski definition) is 2. The number of nitrogens with one attached hydrogen (secondary N) is 1. The van der Waals surface area contributed by atoms with Crippen molar-refractivity contribution in [1.29, 1.82) is 0 Å². The highest BCUT2D eigenvalue weighted by molar-refractivity contribution is 6.35. The van der Waals surface area contributed by atoms with E-state index in [1.54, 1.807) is 6.07 Å². The summed E-state index contributed by atoms with van der Waals surface area (Å²) in [5, 5.41) is 13.3. The molecule has 0 bridgehead atoms. The number of hydrogen-bond acceptors (Lipinski definition) is 3. The molecule has 0 heterocycles. The highest BCUT2D eigenvalue weighted by Crippen LogP contribution is 2.35. The average molecular weight is 354 g/mol. The van der Waals surface area contributed by atoms with Crippen molar-refractivity contribution >= 4 is 29.3 Å². The first-order valence-electron chi connectivity index (χ1n) is 7.16. The van der Waals surface area contributed by atoms with E-state index in [1.165, 1.54) is 6.07 Å². The van der Waals surface area contributed by atoms with E-state index in [0.717, 1.165) is 5.56 Å². The van der Waals surface area contributed by atoms with Crippen molar-refractivity contribution in [2.24, 2.45) is 0 Å². The molecule has 23 heavy (non-hydrogen) atoms. The third kappa shape index (κ3) is 4.78. The highest BCUT2D eigenvalue weighted by atomic mass is 35.5. The minimum absolute atomic E-state index is 0.0914. The number of alkyl carbamates (subject to hydrolysis) is 1. The van der Waals surface area contributed by atoms with Crippen molar-refractivity contribution in [3.63, 3.8) is 0 Å². The summed E-state index contributed by atoms with van der Waals surface area (Å²) in [4.78, 5) is 12.0. The molecule has 0 saturated heterocycles. The molecule has 2 aromatic carbocycles. The second-order valence-corrected chi connectivity index (χ2v) is 5.84. The van der Waals surface area contributed by atoms with Gasteiger partial charge in [0.2, 0.25) is 0 Å². The highest BCUT2D eigenvalue weighted by Gasteiger charge is 2.19. The fraction of sp³-hybridized carbons (Fsp3) is 0.235. The van der Waals surface area contributed by atoms with Crippen LogP contribution in [0.3, 0.4) is 0 Å². The first-order valence-corrected chi connectivity index (χ1v) is 7.92. The largest absolute Gasteiger partial charge is 0.506 e. The minimum atomic E-state index is -0.573. The molecule has 1 atom stereocenters. The molecule has 6 heteroatoms. The van der Waals surface area contributed by atoms with Gasteiger partial charge in [0.25, 0.3) is 0 Å². The molecule has 0 saturated carbocycles. The lowest BCUT2D eigenvalue weighted by atomic mass is 10.0. The number of carbonyl (C=O) groups excluding carboxylic acids is 1. The normalized spacial score (nSPS) is 11.8. The van der Waals surface area contributed by atoms with Crippen LogP contribution in [0.1, 0.15) is 30.5 Å². The maximum Gasteiger partial charge on any atom is 0.407 e. The predicted octanol–water partition coefficient (Wildman–Crippen LogP) is 5.08. The van der Waals surface area contributed by atoms with Crippen molar-refractivity contribution in [3.8, 4) is 5.75 Å². The van der Waals surface area contributed by atoms with Gasteiger partial charge in [0.15, 0.2) is 0 Å². The van der Waals surface area contributed by atoms with Crippen LogP contribution in [0.2, 0.25) is 10.0 Å². The van der Waals surface area contributed by atoms with Crippen molar-refractivity contribution < 1.29 is 14.6 Å². The van der Waals surface area contributed by atoms with Gasteiger partial charge in [-0.2, -0.15) is 0 Å². The number of ether oxygens (including phenoxy) is 1. The van der Waals surface area contributed by atoms with Crippen LogP contribution in [-0.4, -0.2) is 11.2 Å². The Kier molecular flexibility index (Phi) is 6.13. The molecule has 0 spiro atoms.